The van der Waals surface area contributed by atoms with Crippen LogP contribution in [0.5, 0.6) is 0 Å². The Kier molecular flexibility index (Phi) is 4.64. The van der Waals surface area contributed by atoms with Gasteiger partial charge in [-0.15, -0.1) is 0 Å². The Labute approximate surface area is 156 Å². The van der Waals surface area contributed by atoms with E-state index in [1.165, 1.54) is 29.8 Å². The van der Waals surface area contributed by atoms with Gasteiger partial charge in [0, 0.05) is 5.39 Å². The molecule has 4 rings (SSSR count). The fourth-order valence-electron chi connectivity index (χ4n) is 2.99. The number of aliphatic hydroxyl groups is 1. The van der Waals surface area contributed by atoms with Gasteiger partial charge in [0.2, 0.25) is 0 Å². The number of para-hydroxylation sites is 1. The first-order valence-electron chi connectivity index (χ1n) is 8.85. The second-order valence-electron chi connectivity index (χ2n) is 6.38. The number of hydrogen-bond acceptors (Lipinski definition) is 5. The average molecular weight is 362 g/mol. The molecular formula is C21H19FN4O. The van der Waals surface area contributed by atoms with Gasteiger partial charge in [0.25, 0.3) is 0 Å². The van der Waals surface area contributed by atoms with Gasteiger partial charge in [-0.25, -0.2) is 14.4 Å². The maximum Gasteiger partial charge on any atom is 0.164 e. The van der Waals surface area contributed by atoms with E-state index in [1.807, 2.05) is 30.3 Å². The van der Waals surface area contributed by atoms with Crippen LogP contribution in [0.1, 0.15) is 30.8 Å². The summed E-state index contributed by atoms with van der Waals surface area (Å²) in [4.78, 5) is 13.5. The highest BCUT2D eigenvalue weighted by Gasteiger charge is 2.18. The van der Waals surface area contributed by atoms with Crippen LogP contribution in [0.3, 0.4) is 0 Å². The van der Waals surface area contributed by atoms with Crippen molar-refractivity contribution in [3.8, 4) is 0 Å². The maximum atomic E-state index is 13.2. The molecule has 136 valence electrons. The molecule has 27 heavy (non-hydrogen) atoms. The predicted octanol–water partition coefficient (Wildman–Crippen LogP) is 4.01. The van der Waals surface area contributed by atoms with Gasteiger partial charge < -0.3 is 10.4 Å². The molecule has 3 aromatic rings. The molecule has 0 spiro atoms. The zero-order valence-corrected chi connectivity index (χ0v) is 14.9. The van der Waals surface area contributed by atoms with Gasteiger partial charge in [-0.05, 0) is 47.9 Å². The van der Waals surface area contributed by atoms with Crippen molar-refractivity contribution < 1.29 is 9.50 Å². The number of aromatic nitrogens is 2. The van der Waals surface area contributed by atoms with Crippen LogP contribution in [0.2, 0.25) is 0 Å². The van der Waals surface area contributed by atoms with E-state index < -0.39 is 6.10 Å². The number of halogens is 1. The van der Waals surface area contributed by atoms with Gasteiger partial charge in [0.15, 0.2) is 5.82 Å². The van der Waals surface area contributed by atoms with Crippen molar-refractivity contribution in [2.45, 2.75) is 19.4 Å². The second kappa shape index (κ2) is 7.25. The van der Waals surface area contributed by atoms with Gasteiger partial charge in [0.1, 0.15) is 23.6 Å². The van der Waals surface area contributed by atoms with Crippen LogP contribution < -0.4 is 5.32 Å². The summed E-state index contributed by atoms with van der Waals surface area (Å²) in [5.74, 6) is 1.23. The zero-order valence-electron chi connectivity index (χ0n) is 14.9. The normalized spacial score (nSPS) is 14.8. The third-order valence-corrected chi connectivity index (χ3v) is 4.54. The minimum Gasteiger partial charge on any atom is -0.380 e. The molecule has 6 heteroatoms. The van der Waals surface area contributed by atoms with Gasteiger partial charge in [-0.2, -0.15) is 0 Å². The number of nitrogens with one attached hydrogen (secondary N) is 1. The highest BCUT2D eigenvalue weighted by atomic mass is 19.1. The number of rotatable bonds is 4. The monoisotopic (exact) mass is 362 g/mol. The number of nitrogens with zero attached hydrogens (tertiary/aromatic N) is 3. The van der Waals surface area contributed by atoms with Gasteiger partial charge in [0.05, 0.1) is 12.1 Å². The van der Waals surface area contributed by atoms with Crippen LogP contribution in [-0.2, 0) is 0 Å². The Morgan fingerprint density at radius 2 is 1.89 bits per heavy atom. The molecule has 1 unspecified atom stereocenters. The number of benzene rings is 2. The molecule has 0 aliphatic carbocycles. The van der Waals surface area contributed by atoms with Gasteiger partial charge in [-0.1, -0.05) is 31.2 Å². The molecule has 0 radical (unpaired) electrons. The Balaban J connectivity index is 1.74. The molecule has 0 saturated heterocycles. The standard InChI is InChI=1S/C21H19FN4O/c1-2-13-11-18(23-12-13)25-20-16-5-3-4-6-17(16)24-21(26-20)19(27)14-7-9-15(22)10-8-14/h3-11,19,27H,2,12H2,1H3,(H,23,24,25,26). The summed E-state index contributed by atoms with van der Waals surface area (Å²) >= 11 is 0. The van der Waals surface area contributed by atoms with Crippen LogP contribution in [0.25, 0.3) is 10.9 Å². The average Bonchev–Trinajstić information content (AvgIpc) is 3.15. The van der Waals surface area contributed by atoms with Crippen molar-refractivity contribution in [3.05, 3.63) is 77.4 Å². The number of amidine groups is 1. The van der Waals surface area contributed by atoms with E-state index >= 15 is 0 Å². The minimum atomic E-state index is -1.05. The number of anilines is 1. The van der Waals surface area contributed by atoms with E-state index in [0.29, 0.717) is 23.4 Å². The summed E-state index contributed by atoms with van der Waals surface area (Å²) < 4.78 is 13.2. The number of hydrogen-bond donors (Lipinski definition) is 2. The van der Waals surface area contributed by atoms with Crippen molar-refractivity contribution in [2.75, 3.05) is 11.9 Å². The first kappa shape index (κ1) is 17.3. The molecule has 0 fully saturated rings. The molecule has 0 amide bonds. The molecule has 5 nitrogen and oxygen atoms in total. The summed E-state index contributed by atoms with van der Waals surface area (Å²) in [6, 6.07) is 13.3. The first-order valence-corrected chi connectivity index (χ1v) is 8.85. The molecule has 0 saturated carbocycles. The molecule has 1 aliphatic rings. The van der Waals surface area contributed by atoms with E-state index in [-0.39, 0.29) is 11.6 Å². The summed E-state index contributed by atoms with van der Waals surface area (Å²) in [7, 11) is 0. The first-order chi connectivity index (χ1) is 13.1. The van der Waals surface area contributed by atoms with Crippen LogP contribution in [0.15, 0.2) is 65.2 Å². The highest BCUT2D eigenvalue weighted by Crippen LogP contribution is 2.26. The second-order valence-corrected chi connectivity index (χ2v) is 6.38. The minimum absolute atomic E-state index is 0.251. The lowest BCUT2D eigenvalue weighted by molar-refractivity contribution is 0.210. The fraction of sp³-hybridized carbons (Fsp3) is 0.190. The van der Waals surface area contributed by atoms with E-state index in [4.69, 9.17) is 0 Å². The van der Waals surface area contributed by atoms with Crippen LogP contribution in [0, 0.1) is 5.82 Å². The van der Waals surface area contributed by atoms with E-state index in [1.54, 1.807) is 0 Å². The molecule has 2 aromatic carbocycles. The molecule has 1 atom stereocenters. The quantitative estimate of drug-likeness (QED) is 0.736. The third kappa shape index (κ3) is 3.57. The molecule has 2 heterocycles. The third-order valence-electron chi connectivity index (χ3n) is 4.54. The molecular weight excluding hydrogens is 343 g/mol. The summed E-state index contributed by atoms with van der Waals surface area (Å²) in [5.41, 5.74) is 2.50. The van der Waals surface area contributed by atoms with Crippen molar-refractivity contribution in [3.63, 3.8) is 0 Å². The smallest absolute Gasteiger partial charge is 0.164 e. The SMILES string of the molecule is CCC1=CC(Nc2nc(C(O)c3ccc(F)cc3)nc3ccccc23)=NC1. The Morgan fingerprint density at radius 1 is 1.11 bits per heavy atom. The molecule has 2 N–H and O–H groups in total. The highest BCUT2D eigenvalue weighted by molar-refractivity contribution is 6.08. The van der Waals surface area contributed by atoms with Crippen LogP contribution >= 0.6 is 0 Å². The van der Waals surface area contributed by atoms with Gasteiger partial charge in [-0.3, -0.25) is 4.99 Å². The Bertz CT molecular complexity index is 1040. The van der Waals surface area contributed by atoms with Crippen LogP contribution in [-0.4, -0.2) is 27.5 Å². The maximum absolute atomic E-state index is 13.2. The lowest BCUT2D eigenvalue weighted by Crippen LogP contribution is -2.13. The largest absolute Gasteiger partial charge is 0.380 e. The van der Waals surface area contributed by atoms with Crippen LogP contribution in [0.4, 0.5) is 10.2 Å². The summed E-state index contributed by atoms with van der Waals surface area (Å²) in [5, 5.41) is 14.8. The van der Waals surface area contributed by atoms with Crippen molar-refractivity contribution in [2.24, 2.45) is 4.99 Å². The van der Waals surface area contributed by atoms with E-state index in [0.717, 1.165) is 17.6 Å². The fourth-order valence-corrected chi connectivity index (χ4v) is 2.99. The molecule has 1 aliphatic heterocycles. The number of aliphatic imine (C=N–C) groups is 1. The Morgan fingerprint density at radius 3 is 2.63 bits per heavy atom. The molecule has 0 bridgehead atoms. The summed E-state index contributed by atoms with van der Waals surface area (Å²) in [6.07, 6.45) is 1.92. The predicted molar refractivity (Wildman–Crippen MR) is 104 cm³/mol. The zero-order chi connectivity index (χ0) is 18.8. The lowest BCUT2D eigenvalue weighted by Gasteiger charge is -2.14. The van der Waals surface area contributed by atoms with Crippen molar-refractivity contribution >= 4 is 22.6 Å². The molecule has 1 aromatic heterocycles. The van der Waals surface area contributed by atoms with E-state index in [9.17, 15) is 9.50 Å². The number of fused-ring (bicyclic) bond motifs is 1. The van der Waals surface area contributed by atoms with E-state index in [2.05, 4.69) is 27.2 Å². The Hall–Kier alpha value is -3.12. The lowest BCUT2D eigenvalue weighted by atomic mass is 10.1. The van der Waals surface area contributed by atoms with Crippen molar-refractivity contribution in [1.82, 2.24) is 9.97 Å². The van der Waals surface area contributed by atoms with Crippen molar-refractivity contribution in [1.29, 1.82) is 0 Å². The topological polar surface area (TPSA) is 70.4 Å². The number of aliphatic hydroxyl groups excluding tert-OH is 1. The van der Waals surface area contributed by atoms with Gasteiger partial charge >= 0.3 is 0 Å². The summed E-state index contributed by atoms with van der Waals surface area (Å²) in [6.45, 7) is 2.79.